The number of carbonyl (C=O) groups excluding carboxylic acids is 1. The van der Waals surface area contributed by atoms with E-state index in [1.54, 1.807) is 0 Å². The molecule has 6 nitrogen and oxygen atoms in total. The minimum absolute atomic E-state index is 0.0242. The summed E-state index contributed by atoms with van der Waals surface area (Å²) >= 11 is 0. The first-order chi connectivity index (χ1) is 15.7. The lowest BCUT2D eigenvalue weighted by atomic mass is 9.84. The summed E-state index contributed by atoms with van der Waals surface area (Å²) < 4.78 is 24.6. The minimum Gasteiger partial charge on any atom is -0.489 e. The third kappa shape index (κ3) is 2.73. The van der Waals surface area contributed by atoms with Crippen molar-refractivity contribution in [1.82, 2.24) is 0 Å². The molecule has 5 atom stereocenters. The molecular formula is C27H26O6. The number of fused-ring (bicyclic) bond motifs is 8. The molecule has 3 aromatic rings. The van der Waals surface area contributed by atoms with Gasteiger partial charge in [-0.2, -0.15) is 0 Å². The van der Waals surface area contributed by atoms with Crippen molar-refractivity contribution in [3.63, 3.8) is 0 Å². The van der Waals surface area contributed by atoms with E-state index in [4.69, 9.17) is 18.6 Å². The average molecular weight is 446 g/mol. The standard InChI is InChI=1S/C27H26O6/c1-12-13(2)30-25-19-21-26(27(21,4)5)33-23(19)18-16(15-9-7-6-8-10-15)11-17(29)32-24(18)20(25)22(12)31-14(3)28/h6-13,21-22,26H,1-5H3/t12-,13+,21+,22-,26-/m0/s1. The van der Waals surface area contributed by atoms with Gasteiger partial charge in [-0.25, -0.2) is 4.79 Å². The zero-order chi connectivity index (χ0) is 23.2. The second-order valence-corrected chi connectivity index (χ2v) is 10.1. The molecule has 0 amide bonds. The van der Waals surface area contributed by atoms with E-state index in [-0.39, 0.29) is 35.4 Å². The van der Waals surface area contributed by atoms with Crippen molar-refractivity contribution >= 4 is 16.9 Å². The van der Waals surface area contributed by atoms with E-state index < -0.39 is 11.7 Å². The highest BCUT2D eigenvalue weighted by atomic mass is 16.6. The molecule has 0 spiro atoms. The molecule has 0 radical (unpaired) electrons. The molecule has 6 rings (SSSR count). The summed E-state index contributed by atoms with van der Waals surface area (Å²) in [4.78, 5) is 24.9. The smallest absolute Gasteiger partial charge is 0.336 e. The summed E-state index contributed by atoms with van der Waals surface area (Å²) in [6, 6.07) is 11.2. The highest BCUT2D eigenvalue weighted by Gasteiger charge is 2.67. The second-order valence-electron chi connectivity index (χ2n) is 10.1. The largest absolute Gasteiger partial charge is 0.489 e. The van der Waals surface area contributed by atoms with Crippen molar-refractivity contribution in [2.45, 2.75) is 58.8 Å². The van der Waals surface area contributed by atoms with Gasteiger partial charge in [0.05, 0.1) is 10.9 Å². The first-order valence-electron chi connectivity index (χ1n) is 11.4. The summed E-state index contributed by atoms with van der Waals surface area (Å²) in [6.45, 7) is 9.73. The summed E-state index contributed by atoms with van der Waals surface area (Å²) in [6.07, 6.45) is -0.749. The molecule has 1 saturated carbocycles. The van der Waals surface area contributed by atoms with Crippen LogP contribution in [0.3, 0.4) is 0 Å². The number of hydrogen-bond acceptors (Lipinski definition) is 6. The van der Waals surface area contributed by atoms with E-state index in [1.807, 2.05) is 44.2 Å². The van der Waals surface area contributed by atoms with E-state index in [9.17, 15) is 9.59 Å². The third-order valence-electron chi connectivity index (χ3n) is 7.64. The van der Waals surface area contributed by atoms with Crippen LogP contribution < -0.4 is 15.1 Å². The molecule has 1 aliphatic carbocycles. The molecule has 170 valence electrons. The summed E-state index contributed by atoms with van der Waals surface area (Å²) in [5.74, 6) is 1.01. The van der Waals surface area contributed by atoms with E-state index >= 15 is 0 Å². The monoisotopic (exact) mass is 446 g/mol. The van der Waals surface area contributed by atoms with Gasteiger partial charge in [-0.1, -0.05) is 51.1 Å². The predicted octanol–water partition coefficient (Wildman–Crippen LogP) is 5.37. The lowest BCUT2D eigenvalue weighted by molar-refractivity contribution is -0.152. The fourth-order valence-electron chi connectivity index (χ4n) is 5.64. The quantitative estimate of drug-likeness (QED) is 0.389. The van der Waals surface area contributed by atoms with Gasteiger partial charge in [0, 0.05) is 41.4 Å². The van der Waals surface area contributed by atoms with Gasteiger partial charge >= 0.3 is 11.6 Å². The van der Waals surface area contributed by atoms with Crippen molar-refractivity contribution in [2.75, 3.05) is 0 Å². The van der Waals surface area contributed by atoms with E-state index in [0.29, 0.717) is 22.6 Å². The number of carbonyl (C=O) groups is 1. The van der Waals surface area contributed by atoms with Gasteiger partial charge in [-0.05, 0) is 12.5 Å². The van der Waals surface area contributed by atoms with Gasteiger partial charge in [-0.15, -0.1) is 0 Å². The van der Waals surface area contributed by atoms with Crippen molar-refractivity contribution in [3.05, 3.63) is 57.9 Å². The van der Waals surface area contributed by atoms with Gasteiger partial charge in [0.15, 0.2) is 5.58 Å². The van der Waals surface area contributed by atoms with Crippen LogP contribution in [-0.4, -0.2) is 18.2 Å². The zero-order valence-electron chi connectivity index (χ0n) is 19.3. The number of esters is 1. The normalized spacial score (nSPS) is 28.2. The maximum Gasteiger partial charge on any atom is 0.336 e. The molecule has 1 fully saturated rings. The Morgan fingerprint density at radius 2 is 1.76 bits per heavy atom. The Labute approximate surface area is 191 Å². The summed E-state index contributed by atoms with van der Waals surface area (Å²) in [5, 5.41) is 0.736. The molecule has 1 aromatic heterocycles. The van der Waals surface area contributed by atoms with Gasteiger partial charge in [0.2, 0.25) is 0 Å². The van der Waals surface area contributed by atoms with Crippen LogP contribution in [-0.2, 0) is 9.53 Å². The van der Waals surface area contributed by atoms with E-state index in [1.165, 1.54) is 13.0 Å². The summed E-state index contributed by atoms with van der Waals surface area (Å²) in [5.41, 5.74) is 3.14. The average Bonchev–Trinajstić information content (AvgIpc) is 3.09. The van der Waals surface area contributed by atoms with Crippen molar-refractivity contribution < 1.29 is 23.4 Å². The fraction of sp³-hybridized carbons (Fsp3) is 0.407. The van der Waals surface area contributed by atoms with Crippen LogP contribution in [0, 0.1) is 11.3 Å². The van der Waals surface area contributed by atoms with E-state index in [2.05, 4.69) is 13.8 Å². The van der Waals surface area contributed by atoms with Gasteiger partial charge in [-0.3, -0.25) is 4.79 Å². The van der Waals surface area contributed by atoms with Gasteiger partial charge < -0.3 is 18.6 Å². The lowest BCUT2D eigenvalue weighted by Gasteiger charge is -2.37. The van der Waals surface area contributed by atoms with E-state index in [0.717, 1.165) is 22.1 Å². The third-order valence-corrected chi connectivity index (χ3v) is 7.64. The van der Waals surface area contributed by atoms with Crippen molar-refractivity contribution in [3.8, 4) is 22.6 Å². The Bertz CT molecular complexity index is 1370. The summed E-state index contributed by atoms with van der Waals surface area (Å²) in [7, 11) is 0. The molecule has 0 unspecified atom stereocenters. The molecule has 2 aromatic carbocycles. The molecule has 3 aliphatic rings. The molecule has 3 heterocycles. The van der Waals surface area contributed by atoms with Crippen molar-refractivity contribution in [1.29, 1.82) is 0 Å². The molecule has 6 heteroatoms. The highest BCUT2D eigenvalue weighted by Crippen LogP contribution is 2.71. The predicted molar refractivity (Wildman–Crippen MR) is 123 cm³/mol. The molecule has 0 bridgehead atoms. The molecule has 0 saturated heterocycles. The van der Waals surface area contributed by atoms with Crippen LogP contribution in [0.25, 0.3) is 22.1 Å². The zero-order valence-corrected chi connectivity index (χ0v) is 19.3. The number of ether oxygens (including phenoxy) is 3. The van der Waals surface area contributed by atoms with Crippen molar-refractivity contribution in [2.24, 2.45) is 11.3 Å². The molecular weight excluding hydrogens is 420 g/mol. The van der Waals surface area contributed by atoms with Gasteiger partial charge in [0.25, 0.3) is 0 Å². The Morgan fingerprint density at radius 1 is 1.03 bits per heavy atom. The number of rotatable bonds is 2. The lowest BCUT2D eigenvalue weighted by Crippen LogP contribution is -2.35. The highest BCUT2D eigenvalue weighted by molar-refractivity contribution is 6.03. The number of hydrogen-bond donors (Lipinski definition) is 0. The Kier molecular flexibility index (Phi) is 4.08. The number of benzene rings is 2. The SMILES string of the molecule is CC(=O)O[C@@H]1c2c(c3c(c4c(-c5ccccc5)cc(=O)oc24)O[C@H]2[C@@H]3C2(C)C)O[C@H](C)[C@@H]1C. The van der Waals surface area contributed by atoms with Crippen LogP contribution in [0.15, 0.2) is 45.6 Å². The Morgan fingerprint density at radius 3 is 2.45 bits per heavy atom. The Balaban J connectivity index is 1.76. The van der Waals surface area contributed by atoms with Gasteiger partial charge in [0.1, 0.15) is 29.8 Å². The topological polar surface area (TPSA) is 75.0 Å². The maximum atomic E-state index is 12.8. The molecule has 33 heavy (non-hydrogen) atoms. The van der Waals surface area contributed by atoms with Crippen LogP contribution >= 0.6 is 0 Å². The fourth-order valence-corrected chi connectivity index (χ4v) is 5.64. The van der Waals surface area contributed by atoms with Crippen LogP contribution in [0.2, 0.25) is 0 Å². The Hall–Kier alpha value is -3.28. The molecule has 0 N–H and O–H groups in total. The first kappa shape index (κ1) is 20.3. The second kappa shape index (κ2) is 6.62. The van der Waals surface area contributed by atoms with Crippen LogP contribution in [0.1, 0.15) is 57.8 Å². The maximum absolute atomic E-state index is 12.8. The first-order valence-corrected chi connectivity index (χ1v) is 11.4. The van der Waals surface area contributed by atoms with Crippen LogP contribution in [0.4, 0.5) is 0 Å². The molecule has 2 aliphatic heterocycles. The minimum atomic E-state index is -0.593. The van der Waals surface area contributed by atoms with Crippen LogP contribution in [0.5, 0.6) is 11.5 Å².